The molecule has 0 saturated carbocycles. The molecule has 1 atom stereocenters. The van der Waals surface area contributed by atoms with Crippen LogP contribution in [-0.2, 0) is 19.4 Å². The number of hydrogen-bond donors (Lipinski definition) is 4. The van der Waals surface area contributed by atoms with Crippen molar-refractivity contribution in [3.8, 4) is 0 Å². The molecule has 0 spiro atoms. The number of aromatic nitrogens is 3. The van der Waals surface area contributed by atoms with Gasteiger partial charge in [-0.05, 0) is 42.1 Å². The van der Waals surface area contributed by atoms with Crippen LogP contribution < -0.4 is 21.4 Å². The lowest BCUT2D eigenvalue weighted by atomic mass is 9.80. The van der Waals surface area contributed by atoms with Gasteiger partial charge in [0.05, 0.1) is 0 Å². The van der Waals surface area contributed by atoms with Crippen molar-refractivity contribution in [3.05, 3.63) is 65.0 Å². The molecule has 9 nitrogen and oxygen atoms in total. The van der Waals surface area contributed by atoms with Crippen molar-refractivity contribution in [1.82, 2.24) is 15.0 Å². The Kier molecular flexibility index (Phi) is 6.07. The van der Waals surface area contributed by atoms with Crippen LogP contribution in [0.4, 0.5) is 17.6 Å². The topological polar surface area (TPSA) is 137 Å². The van der Waals surface area contributed by atoms with E-state index in [0.29, 0.717) is 48.1 Å². The second-order valence-electron chi connectivity index (χ2n) is 7.79. The lowest BCUT2D eigenvalue weighted by molar-refractivity contribution is 0.0999. The average molecular weight is 432 g/mol. The number of fused-ring (bicyclic) bond motifs is 1. The van der Waals surface area contributed by atoms with Gasteiger partial charge in [0.25, 0.3) is 0 Å². The highest BCUT2D eigenvalue weighted by atomic mass is 16.4. The molecule has 164 valence electrons. The maximum Gasteiger partial charge on any atom is 0.488 e. The summed E-state index contributed by atoms with van der Waals surface area (Å²) in [5.74, 6) is 1.13. The zero-order valence-electron chi connectivity index (χ0n) is 18.0. The summed E-state index contributed by atoms with van der Waals surface area (Å²) in [6, 6.07) is 12.6. The molecule has 10 heteroatoms. The molecule has 2 aromatic carbocycles. The van der Waals surface area contributed by atoms with Crippen molar-refractivity contribution < 1.29 is 14.8 Å². The summed E-state index contributed by atoms with van der Waals surface area (Å²) in [5.41, 5.74) is 9.15. The van der Waals surface area contributed by atoms with E-state index in [-0.39, 0.29) is 6.04 Å². The first kappa shape index (κ1) is 21.7. The highest BCUT2D eigenvalue weighted by molar-refractivity contribution is 6.58. The summed E-state index contributed by atoms with van der Waals surface area (Å²) in [6.07, 6.45) is 1.30. The first-order chi connectivity index (χ1) is 15.4. The van der Waals surface area contributed by atoms with E-state index in [4.69, 9.17) is 5.73 Å². The van der Waals surface area contributed by atoms with Crippen LogP contribution in [0.15, 0.2) is 42.5 Å². The molecule has 0 radical (unpaired) electrons. The number of carbonyl (C=O) groups excluding carboxylic acids is 1. The van der Waals surface area contributed by atoms with Gasteiger partial charge in [0.1, 0.15) is 5.82 Å². The second-order valence-corrected chi connectivity index (χ2v) is 7.79. The molecule has 1 aliphatic rings. The standard InChI is InChI=1S/C22H25BN6O3/c1-3-19-26-21(25-12-14-6-4-7-15(11-14)23(31)32)28-22(27-19)29-13(2)10-17-16(20(24)30)8-5-9-18(17)29/h4-9,11,13,31-32H,3,10,12H2,1-2H3,(H2,24,30)(H,25,26,27,28). The van der Waals surface area contributed by atoms with E-state index in [2.05, 4.69) is 27.2 Å². The van der Waals surface area contributed by atoms with Crippen molar-refractivity contribution in [2.45, 2.75) is 39.3 Å². The smallest absolute Gasteiger partial charge is 0.423 e. The Labute approximate surface area is 186 Å². The molecule has 2 heterocycles. The summed E-state index contributed by atoms with van der Waals surface area (Å²) in [6.45, 7) is 4.44. The molecule has 0 aliphatic carbocycles. The summed E-state index contributed by atoms with van der Waals surface area (Å²) in [4.78, 5) is 27.6. The SMILES string of the molecule is CCc1nc(NCc2cccc(B(O)O)c2)nc(N2c3cccc(C(N)=O)c3CC2C)n1. The molecule has 4 rings (SSSR count). The largest absolute Gasteiger partial charge is 0.488 e. The maximum absolute atomic E-state index is 11.9. The Bertz CT molecular complexity index is 1160. The molecule has 1 aromatic heterocycles. The molecule has 1 amide bonds. The van der Waals surface area contributed by atoms with Crippen LogP contribution in [0.3, 0.4) is 0 Å². The van der Waals surface area contributed by atoms with Gasteiger partial charge < -0.3 is 26.0 Å². The third-order valence-corrected chi connectivity index (χ3v) is 5.52. The van der Waals surface area contributed by atoms with Gasteiger partial charge in [0, 0.05) is 30.3 Å². The summed E-state index contributed by atoms with van der Waals surface area (Å²) in [7, 11) is -1.52. The summed E-state index contributed by atoms with van der Waals surface area (Å²) >= 11 is 0. The Morgan fingerprint density at radius 1 is 1.22 bits per heavy atom. The van der Waals surface area contributed by atoms with Crippen LogP contribution in [0, 0.1) is 0 Å². The van der Waals surface area contributed by atoms with E-state index >= 15 is 0 Å². The van der Waals surface area contributed by atoms with Gasteiger partial charge in [-0.2, -0.15) is 15.0 Å². The van der Waals surface area contributed by atoms with Crippen LogP contribution in [0.5, 0.6) is 0 Å². The average Bonchev–Trinajstić information content (AvgIpc) is 3.13. The number of anilines is 3. The lowest BCUT2D eigenvalue weighted by Gasteiger charge is -2.23. The molecule has 32 heavy (non-hydrogen) atoms. The van der Waals surface area contributed by atoms with Crippen molar-refractivity contribution >= 4 is 36.1 Å². The zero-order chi connectivity index (χ0) is 22.8. The van der Waals surface area contributed by atoms with E-state index in [1.807, 2.05) is 30.0 Å². The molecular weight excluding hydrogens is 407 g/mol. The normalized spacial score (nSPS) is 14.9. The third-order valence-electron chi connectivity index (χ3n) is 5.52. The highest BCUT2D eigenvalue weighted by Gasteiger charge is 2.32. The molecule has 3 aromatic rings. The van der Waals surface area contributed by atoms with E-state index in [0.717, 1.165) is 16.8 Å². The van der Waals surface area contributed by atoms with Crippen LogP contribution in [0.2, 0.25) is 0 Å². The van der Waals surface area contributed by atoms with Gasteiger partial charge >= 0.3 is 7.12 Å². The predicted molar refractivity (Wildman–Crippen MR) is 123 cm³/mol. The van der Waals surface area contributed by atoms with E-state index in [1.165, 1.54) is 0 Å². The van der Waals surface area contributed by atoms with Crippen molar-refractivity contribution in [2.24, 2.45) is 5.73 Å². The van der Waals surface area contributed by atoms with Crippen LogP contribution in [0.1, 0.15) is 41.2 Å². The second kappa shape index (κ2) is 8.93. The number of primary amides is 1. The number of amides is 1. The number of nitrogens with zero attached hydrogens (tertiary/aromatic N) is 4. The van der Waals surface area contributed by atoms with Crippen molar-refractivity contribution in [2.75, 3.05) is 10.2 Å². The Morgan fingerprint density at radius 2 is 2.00 bits per heavy atom. The van der Waals surface area contributed by atoms with Gasteiger partial charge in [-0.3, -0.25) is 4.79 Å². The molecule has 0 saturated heterocycles. The molecule has 0 bridgehead atoms. The van der Waals surface area contributed by atoms with E-state index in [1.54, 1.807) is 24.3 Å². The van der Waals surface area contributed by atoms with E-state index < -0.39 is 13.0 Å². The molecule has 5 N–H and O–H groups in total. The van der Waals surface area contributed by atoms with Gasteiger partial charge in [-0.1, -0.05) is 37.3 Å². The fourth-order valence-electron chi connectivity index (χ4n) is 3.97. The molecular formula is C22H25BN6O3. The fourth-order valence-corrected chi connectivity index (χ4v) is 3.97. The predicted octanol–water partition coefficient (Wildman–Crippen LogP) is 0.907. The van der Waals surface area contributed by atoms with Crippen LogP contribution in [0.25, 0.3) is 0 Å². The molecule has 1 aliphatic heterocycles. The number of nitrogens with one attached hydrogen (secondary N) is 1. The Balaban J connectivity index is 1.64. The van der Waals surface area contributed by atoms with Gasteiger partial charge in [-0.15, -0.1) is 0 Å². The lowest BCUT2D eigenvalue weighted by Crippen LogP contribution is -2.30. The van der Waals surface area contributed by atoms with Gasteiger partial charge in [-0.25, -0.2) is 0 Å². The maximum atomic E-state index is 11.9. The van der Waals surface area contributed by atoms with E-state index in [9.17, 15) is 14.8 Å². The minimum Gasteiger partial charge on any atom is -0.423 e. The zero-order valence-corrected chi connectivity index (χ0v) is 18.0. The molecule has 0 fully saturated rings. The third kappa shape index (κ3) is 4.28. The fraction of sp³-hybridized carbons (Fsp3) is 0.273. The van der Waals surface area contributed by atoms with Crippen molar-refractivity contribution in [3.63, 3.8) is 0 Å². The van der Waals surface area contributed by atoms with Crippen LogP contribution in [-0.4, -0.2) is 44.1 Å². The summed E-state index contributed by atoms with van der Waals surface area (Å²) < 4.78 is 0. The minimum atomic E-state index is -1.52. The van der Waals surface area contributed by atoms with Gasteiger partial charge in [0.15, 0.2) is 0 Å². The molecule has 1 unspecified atom stereocenters. The summed E-state index contributed by atoms with van der Waals surface area (Å²) in [5, 5.41) is 22.0. The number of benzene rings is 2. The van der Waals surface area contributed by atoms with Crippen LogP contribution >= 0.6 is 0 Å². The minimum absolute atomic E-state index is 0.0492. The first-order valence-electron chi connectivity index (χ1n) is 10.5. The number of nitrogens with two attached hydrogens (primary N) is 1. The first-order valence-corrected chi connectivity index (χ1v) is 10.5. The number of carbonyl (C=O) groups is 1. The monoisotopic (exact) mass is 432 g/mol. The highest BCUT2D eigenvalue weighted by Crippen LogP contribution is 2.38. The Hall–Kier alpha value is -3.50. The van der Waals surface area contributed by atoms with Gasteiger partial charge in [0.2, 0.25) is 17.8 Å². The Morgan fingerprint density at radius 3 is 2.72 bits per heavy atom. The number of rotatable bonds is 7. The number of aryl methyl sites for hydroxylation is 1. The number of hydrogen-bond acceptors (Lipinski definition) is 8. The quantitative estimate of drug-likeness (QED) is 0.405. The van der Waals surface area contributed by atoms with Crippen molar-refractivity contribution in [1.29, 1.82) is 0 Å².